The van der Waals surface area contributed by atoms with Crippen LogP contribution in [0.3, 0.4) is 0 Å². The molecule has 0 aliphatic carbocycles. The van der Waals surface area contributed by atoms with Crippen LogP contribution in [0, 0.1) is 5.82 Å². The van der Waals surface area contributed by atoms with E-state index in [0.29, 0.717) is 12.1 Å². The highest BCUT2D eigenvalue weighted by Gasteiger charge is 2.10. The van der Waals surface area contributed by atoms with Gasteiger partial charge in [0.15, 0.2) is 0 Å². The van der Waals surface area contributed by atoms with Crippen LogP contribution < -0.4 is 11.1 Å². The Morgan fingerprint density at radius 3 is 2.82 bits per heavy atom. The van der Waals surface area contributed by atoms with Gasteiger partial charge >= 0.3 is 0 Å². The molecule has 0 saturated carbocycles. The molecule has 0 aliphatic rings. The van der Waals surface area contributed by atoms with Crippen LogP contribution in [-0.4, -0.2) is 18.5 Å². The molecule has 0 aliphatic heterocycles. The van der Waals surface area contributed by atoms with Crippen molar-refractivity contribution >= 4 is 5.91 Å². The van der Waals surface area contributed by atoms with E-state index in [2.05, 4.69) is 5.32 Å². The van der Waals surface area contributed by atoms with E-state index in [4.69, 9.17) is 5.73 Å². The number of hydrogen-bond donors (Lipinski definition) is 2. The third kappa shape index (κ3) is 4.95. The van der Waals surface area contributed by atoms with Crippen molar-refractivity contribution in [3.63, 3.8) is 0 Å². The van der Waals surface area contributed by atoms with E-state index in [-0.39, 0.29) is 24.2 Å². The molecule has 0 bridgehead atoms. The molecule has 1 rings (SSSR count). The molecule has 1 amide bonds. The van der Waals surface area contributed by atoms with Crippen LogP contribution >= 0.6 is 0 Å². The Morgan fingerprint density at radius 1 is 1.47 bits per heavy atom. The van der Waals surface area contributed by atoms with Gasteiger partial charge in [0.05, 0.1) is 6.42 Å². The summed E-state index contributed by atoms with van der Waals surface area (Å²) in [4.78, 5) is 11.6. The highest BCUT2D eigenvalue weighted by molar-refractivity contribution is 5.78. The zero-order valence-corrected chi connectivity index (χ0v) is 10.1. The molecule has 94 valence electrons. The van der Waals surface area contributed by atoms with Crippen LogP contribution in [0.15, 0.2) is 24.3 Å². The van der Waals surface area contributed by atoms with E-state index in [9.17, 15) is 9.18 Å². The number of nitrogens with two attached hydrogens (primary N) is 1. The second-order valence-electron chi connectivity index (χ2n) is 4.17. The van der Waals surface area contributed by atoms with Gasteiger partial charge in [-0.1, -0.05) is 18.2 Å². The molecule has 0 heterocycles. The molecule has 1 aromatic rings. The second kappa shape index (κ2) is 7.01. The first-order valence-electron chi connectivity index (χ1n) is 5.86. The van der Waals surface area contributed by atoms with Gasteiger partial charge in [-0.15, -0.1) is 0 Å². The fourth-order valence-electron chi connectivity index (χ4n) is 1.64. The molecule has 1 aromatic carbocycles. The highest BCUT2D eigenvalue weighted by atomic mass is 19.1. The summed E-state index contributed by atoms with van der Waals surface area (Å²) in [6, 6.07) is 6.40. The maximum Gasteiger partial charge on any atom is 0.224 e. The zero-order valence-electron chi connectivity index (χ0n) is 10.1. The first-order valence-corrected chi connectivity index (χ1v) is 5.86. The first kappa shape index (κ1) is 13.6. The van der Waals surface area contributed by atoms with Gasteiger partial charge < -0.3 is 11.1 Å². The maximum absolute atomic E-state index is 13.3. The van der Waals surface area contributed by atoms with E-state index < -0.39 is 0 Å². The van der Waals surface area contributed by atoms with Crippen molar-refractivity contribution in [3.05, 3.63) is 35.6 Å². The fourth-order valence-corrected chi connectivity index (χ4v) is 1.64. The van der Waals surface area contributed by atoms with Crippen LogP contribution in [0.4, 0.5) is 4.39 Å². The number of halogens is 1. The fraction of sp³-hybridized carbons (Fsp3) is 0.462. The van der Waals surface area contributed by atoms with E-state index >= 15 is 0 Å². The average molecular weight is 238 g/mol. The predicted octanol–water partition coefficient (Wildman–Crippen LogP) is 1.61. The van der Waals surface area contributed by atoms with Gasteiger partial charge in [-0.2, -0.15) is 0 Å². The lowest BCUT2D eigenvalue weighted by molar-refractivity contribution is -0.121. The molecule has 1 unspecified atom stereocenters. The molecule has 0 radical (unpaired) electrons. The van der Waals surface area contributed by atoms with E-state index in [0.717, 1.165) is 12.8 Å². The number of carbonyl (C=O) groups excluding carboxylic acids is 1. The van der Waals surface area contributed by atoms with E-state index in [1.165, 1.54) is 6.07 Å². The molecule has 0 spiro atoms. The molecule has 3 N–H and O–H groups in total. The Hall–Kier alpha value is -1.42. The van der Waals surface area contributed by atoms with Crippen molar-refractivity contribution < 1.29 is 9.18 Å². The lowest BCUT2D eigenvalue weighted by atomic mass is 10.1. The number of amides is 1. The highest BCUT2D eigenvalue weighted by Crippen LogP contribution is 2.07. The molecule has 0 fully saturated rings. The SMILES string of the molecule is CC(CCCN)NC(=O)Cc1ccccc1F. The Balaban J connectivity index is 2.42. The van der Waals surface area contributed by atoms with Gasteiger partial charge in [0.1, 0.15) is 5.82 Å². The van der Waals surface area contributed by atoms with Crippen LogP contribution in [0.5, 0.6) is 0 Å². The van der Waals surface area contributed by atoms with Crippen LogP contribution in [-0.2, 0) is 11.2 Å². The van der Waals surface area contributed by atoms with Crippen molar-refractivity contribution in [1.29, 1.82) is 0 Å². The summed E-state index contributed by atoms with van der Waals surface area (Å²) in [6.45, 7) is 2.54. The second-order valence-corrected chi connectivity index (χ2v) is 4.17. The molecule has 17 heavy (non-hydrogen) atoms. The van der Waals surface area contributed by atoms with Crippen molar-refractivity contribution in [1.82, 2.24) is 5.32 Å². The third-order valence-electron chi connectivity index (χ3n) is 2.56. The minimum atomic E-state index is -0.336. The minimum absolute atomic E-state index is 0.0813. The van der Waals surface area contributed by atoms with E-state index in [1.54, 1.807) is 18.2 Å². The molecule has 1 atom stereocenters. The van der Waals surface area contributed by atoms with Crippen molar-refractivity contribution in [2.45, 2.75) is 32.2 Å². The Kier molecular flexibility index (Phi) is 5.63. The quantitative estimate of drug-likeness (QED) is 0.791. The summed E-state index contributed by atoms with van der Waals surface area (Å²) >= 11 is 0. The van der Waals surface area contributed by atoms with Gasteiger partial charge in [0, 0.05) is 6.04 Å². The van der Waals surface area contributed by atoms with Gasteiger partial charge in [0.2, 0.25) is 5.91 Å². The molecule has 0 aromatic heterocycles. The standard InChI is InChI=1S/C13H19FN2O/c1-10(5-4-8-15)16-13(17)9-11-6-2-3-7-12(11)14/h2-3,6-7,10H,4-5,8-9,15H2,1H3,(H,16,17). The number of nitrogens with one attached hydrogen (secondary N) is 1. The van der Waals surface area contributed by atoms with Gasteiger partial charge in [0.25, 0.3) is 0 Å². The number of hydrogen-bond acceptors (Lipinski definition) is 2. The van der Waals surface area contributed by atoms with Crippen molar-refractivity contribution in [3.8, 4) is 0 Å². The topological polar surface area (TPSA) is 55.1 Å². The summed E-state index contributed by atoms with van der Waals surface area (Å²) in [7, 11) is 0. The summed E-state index contributed by atoms with van der Waals surface area (Å²) in [6.07, 6.45) is 1.81. The Labute approximate surface area is 101 Å². The summed E-state index contributed by atoms with van der Waals surface area (Å²) < 4.78 is 13.3. The Morgan fingerprint density at radius 2 is 2.18 bits per heavy atom. The van der Waals surface area contributed by atoms with Crippen molar-refractivity contribution in [2.24, 2.45) is 5.73 Å². The summed E-state index contributed by atoms with van der Waals surface area (Å²) in [5, 5.41) is 2.83. The monoisotopic (exact) mass is 238 g/mol. The van der Waals surface area contributed by atoms with Gasteiger partial charge in [-0.3, -0.25) is 4.79 Å². The van der Waals surface area contributed by atoms with Crippen molar-refractivity contribution in [2.75, 3.05) is 6.54 Å². The maximum atomic E-state index is 13.3. The number of carbonyl (C=O) groups is 1. The largest absolute Gasteiger partial charge is 0.353 e. The third-order valence-corrected chi connectivity index (χ3v) is 2.56. The minimum Gasteiger partial charge on any atom is -0.353 e. The summed E-state index contributed by atoms with van der Waals surface area (Å²) in [5.74, 6) is -0.489. The molecule has 3 nitrogen and oxygen atoms in total. The van der Waals surface area contributed by atoms with Crippen LogP contribution in [0.2, 0.25) is 0 Å². The Bertz CT molecular complexity index is 368. The predicted molar refractivity (Wildman–Crippen MR) is 66.0 cm³/mol. The van der Waals surface area contributed by atoms with Gasteiger partial charge in [-0.25, -0.2) is 4.39 Å². The zero-order chi connectivity index (χ0) is 12.7. The average Bonchev–Trinajstić information content (AvgIpc) is 2.29. The summed E-state index contributed by atoms with van der Waals surface area (Å²) in [5.41, 5.74) is 5.82. The lowest BCUT2D eigenvalue weighted by Gasteiger charge is -2.13. The van der Waals surface area contributed by atoms with Crippen LogP contribution in [0.25, 0.3) is 0 Å². The smallest absolute Gasteiger partial charge is 0.224 e. The van der Waals surface area contributed by atoms with Crippen LogP contribution in [0.1, 0.15) is 25.3 Å². The molecular weight excluding hydrogens is 219 g/mol. The molecular formula is C13H19FN2O. The van der Waals surface area contributed by atoms with Gasteiger partial charge in [-0.05, 0) is 37.9 Å². The van der Waals surface area contributed by atoms with E-state index in [1.807, 2.05) is 6.92 Å². The molecule has 4 heteroatoms. The normalized spacial score (nSPS) is 12.2. The number of benzene rings is 1. The molecule has 0 saturated heterocycles. The lowest BCUT2D eigenvalue weighted by Crippen LogP contribution is -2.34. The first-order chi connectivity index (χ1) is 8.13. The number of rotatable bonds is 6.